The van der Waals surface area contributed by atoms with E-state index in [0.717, 1.165) is 0 Å². The molecule has 0 N–H and O–H groups in total. The van der Waals surface area contributed by atoms with Gasteiger partial charge in [-0.25, -0.2) is 0 Å². The summed E-state index contributed by atoms with van der Waals surface area (Å²) in [6.07, 6.45) is 0. The van der Waals surface area contributed by atoms with Crippen LogP contribution in [0.25, 0.3) is 71.2 Å². The van der Waals surface area contributed by atoms with Crippen molar-refractivity contribution in [2.45, 2.75) is 52.4 Å². The van der Waals surface area contributed by atoms with Crippen molar-refractivity contribution in [1.29, 1.82) is 0 Å². The van der Waals surface area contributed by atoms with Gasteiger partial charge >= 0.3 is 6.85 Å². The zero-order valence-electron chi connectivity index (χ0n) is 26.8. The summed E-state index contributed by atoms with van der Waals surface area (Å²) in [5, 5.41) is 8.05. The first-order valence-corrected chi connectivity index (χ1v) is 16.3. The Kier molecular flexibility index (Phi) is 4.59. The molecule has 0 atom stereocenters. The molecule has 0 radical (unpaired) electrons. The zero-order chi connectivity index (χ0) is 30.6. The summed E-state index contributed by atoms with van der Waals surface area (Å²) in [6.45, 7) is 14.1. The van der Waals surface area contributed by atoms with Crippen LogP contribution in [-0.2, 0) is 10.8 Å². The minimum absolute atomic E-state index is 0.0113. The maximum absolute atomic E-state index is 2.70. The molecular weight excluding hydrogens is 543 g/mol. The summed E-state index contributed by atoms with van der Waals surface area (Å²) in [5.41, 5.74) is 15.0. The van der Waals surface area contributed by atoms with E-state index in [9.17, 15) is 0 Å². The Balaban J connectivity index is 1.45. The van der Waals surface area contributed by atoms with Gasteiger partial charge in [0, 0.05) is 43.8 Å². The molecule has 2 aliphatic rings. The summed E-state index contributed by atoms with van der Waals surface area (Å²) in [4.78, 5) is 0. The number of nitrogens with zero attached hydrogens (tertiary/aromatic N) is 2. The molecule has 3 heteroatoms. The van der Waals surface area contributed by atoms with E-state index in [4.69, 9.17) is 0 Å². The highest BCUT2D eigenvalue weighted by Gasteiger charge is 2.42. The first-order chi connectivity index (χ1) is 21.6. The van der Waals surface area contributed by atoms with Crippen LogP contribution in [-0.4, -0.2) is 15.9 Å². The van der Waals surface area contributed by atoms with Crippen molar-refractivity contribution < 1.29 is 0 Å². The van der Waals surface area contributed by atoms with Crippen LogP contribution in [0.5, 0.6) is 0 Å². The van der Waals surface area contributed by atoms with E-state index < -0.39 is 0 Å². The van der Waals surface area contributed by atoms with Crippen LogP contribution in [0.15, 0.2) is 103 Å². The van der Waals surface area contributed by atoms with E-state index >= 15 is 0 Å². The largest absolute Gasteiger partial charge is 0.375 e. The minimum Gasteiger partial charge on any atom is -0.375 e. The van der Waals surface area contributed by atoms with Crippen LogP contribution in [0.2, 0.25) is 0 Å². The quantitative estimate of drug-likeness (QED) is 0.159. The molecule has 0 unspecified atom stereocenters. The van der Waals surface area contributed by atoms with Crippen molar-refractivity contribution in [3.8, 4) is 16.8 Å². The summed E-state index contributed by atoms with van der Waals surface area (Å²) >= 11 is 0. The molecule has 10 rings (SSSR count). The van der Waals surface area contributed by atoms with E-state index in [-0.39, 0.29) is 17.7 Å². The smallest absolute Gasteiger partial charge is 0.333 e. The van der Waals surface area contributed by atoms with Crippen molar-refractivity contribution >= 4 is 72.2 Å². The predicted octanol–water partition coefficient (Wildman–Crippen LogP) is 9.59. The summed E-state index contributed by atoms with van der Waals surface area (Å²) < 4.78 is 5.28. The van der Waals surface area contributed by atoms with Crippen LogP contribution >= 0.6 is 0 Å². The second kappa shape index (κ2) is 8.09. The molecule has 216 valence electrons. The molecule has 6 aromatic carbocycles. The van der Waals surface area contributed by atoms with Gasteiger partial charge in [0.1, 0.15) is 0 Å². The fourth-order valence-corrected chi connectivity index (χ4v) is 8.59. The SMILES string of the molecule is CC(C)(C)c1ccc2c(c1)c1cc(C(C)(C)C)cc3c1n2-c1cccc2c1B3n1c3ccc4ccccc4c3c3cccc-2c31. The van der Waals surface area contributed by atoms with Gasteiger partial charge in [0.25, 0.3) is 0 Å². The molecule has 0 fully saturated rings. The molecule has 2 aliphatic heterocycles. The molecule has 2 aromatic heterocycles. The van der Waals surface area contributed by atoms with Crippen LogP contribution in [0.4, 0.5) is 0 Å². The van der Waals surface area contributed by atoms with Crippen LogP contribution in [0.1, 0.15) is 52.7 Å². The normalized spacial score (nSPS) is 14.0. The third kappa shape index (κ3) is 3.11. The lowest BCUT2D eigenvalue weighted by Gasteiger charge is -2.34. The third-order valence-corrected chi connectivity index (χ3v) is 10.8. The van der Waals surface area contributed by atoms with Gasteiger partial charge in [0.05, 0.1) is 11.0 Å². The van der Waals surface area contributed by atoms with E-state index in [1.165, 1.54) is 93.3 Å². The zero-order valence-corrected chi connectivity index (χ0v) is 26.8. The fourth-order valence-electron chi connectivity index (χ4n) is 8.59. The maximum Gasteiger partial charge on any atom is 0.333 e. The lowest BCUT2D eigenvalue weighted by molar-refractivity contribution is 0.590. The van der Waals surface area contributed by atoms with Gasteiger partial charge in [0.2, 0.25) is 0 Å². The van der Waals surface area contributed by atoms with E-state index in [0.29, 0.717) is 0 Å². The van der Waals surface area contributed by atoms with Crippen molar-refractivity contribution in [2.75, 3.05) is 0 Å². The molecule has 0 aliphatic carbocycles. The Hall–Kier alpha value is -4.76. The van der Waals surface area contributed by atoms with Crippen molar-refractivity contribution in [2.24, 2.45) is 0 Å². The van der Waals surface area contributed by atoms with Gasteiger partial charge in [-0.1, -0.05) is 114 Å². The van der Waals surface area contributed by atoms with E-state index in [1.54, 1.807) is 0 Å². The Labute approximate surface area is 264 Å². The van der Waals surface area contributed by atoms with Crippen LogP contribution < -0.4 is 10.9 Å². The second-order valence-electron chi connectivity index (χ2n) is 15.4. The number of fused-ring (bicyclic) bond motifs is 12. The number of hydrogen-bond acceptors (Lipinski definition) is 0. The highest BCUT2D eigenvalue weighted by atomic mass is 15.0. The van der Waals surface area contributed by atoms with Crippen LogP contribution in [0, 0.1) is 0 Å². The van der Waals surface area contributed by atoms with Gasteiger partial charge in [-0.05, 0) is 79.6 Å². The first kappa shape index (κ1) is 25.6. The Morgan fingerprint density at radius 2 is 1.24 bits per heavy atom. The second-order valence-corrected chi connectivity index (χ2v) is 15.4. The number of benzene rings is 6. The van der Waals surface area contributed by atoms with Crippen molar-refractivity contribution in [3.63, 3.8) is 0 Å². The van der Waals surface area contributed by atoms with Gasteiger partial charge in [-0.15, -0.1) is 0 Å². The summed E-state index contributed by atoms with van der Waals surface area (Å²) in [5.74, 6) is 0. The molecule has 0 saturated carbocycles. The van der Waals surface area contributed by atoms with Gasteiger partial charge in [-0.2, -0.15) is 0 Å². The average Bonchev–Trinajstić information content (AvgIpc) is 3.54. The monoisotopic (exact) mass is 578 g/mol. The molecule has 0 saturated heterocycles. The highest BCUT2D eigenvalue weighted by Crippen LogP contribution is 2.45. The van der Waals surface area contributed by atoms with Crippen molar-refractivity contribution in [3.05, 3.63) is 114 Å². The maximum atomic E-state index is 2.70. The standard InChI is InChI=1S/C42H35BN2/c1-41(2,3)25-18-20-34-31(21-25)32-22-26(42(4,5)6)23-33-40(32)44(34)36-16-10-13-28-29-14-9-15-30-37-27-12-8-7-11-24(27)17-19-35(37)45(39(29)30)43(33)38(28)36/h7-23H,1-6H3. The number of para-hydroxylation sites is 1. The lowest BCUT2D eigenvalue weighted by Crippen LogP contribution is -2.55. The molecule has 0 amide bonds. The molecule has 0 bridgehead atoms. The summed E-state index contributed by atoms with van der Waals surface area (Å²) in [6, 6.07) is 39.7. The fraction of sp³-hybridized carbons (Fsp3) is 0.190. The minimum atomic E-state index is 0.0113. The number of aromatic nitrogens is 2. The molecule has 45 heavy (non-hydrogen) atoms. The molecule has 0 spiro atoms. The topological polar surface area (TPSA) is 9.86 Å². The predicted molar refractivity (Wildman–Crippen MR) is 195 cm³/mol. The lowest BCUT2D eigenvalue weighted by atomic mass is 9.45. The van der Waals surface area contributed by atoms with E-state index in [2.05, 4.69) is 154 Å². The van der Waals surface area contributed by atoms with Gasteiger partial charge < -0.3 is 9.05 Å². The first-order valence-electron chi connectivity index (χ1n) is 16.3. The van der Waals surface area contributed by atoms with Crippen molar-refractivity contribution in [1.82, 2.24) is 9.05 Å². The highest BCUT2D eigenvalue weighted by molar-refractivity contribution is 6.90. The van der Waals surface area contributed by atoms with Gasteiger partial charge in [-0.3, -0.25) is 0 Å². The third-order valence-electron chi connectivity index (χ3n) is 10.8. The Bertz CT molecular complexity index is 2620. The Morgan fingerprint density at radius 3 is 2.07 bits per heavy atom. The van der Waals surface area contributed by atoms with Crippen LogP contribution in [0.3, 0.4) is 0 Å². The molecule has 2 nitrogen and oxygen atoms in total. The molecule has 8 aromatic rings. The van der Waals surface area contributed by atoms with E-state index in [1.807, 2.05) is 0 Å². The number of hydrogen-bond donors (Lipinski definition) is 0. The van der Waals surface area contributed by atoms with Gasteiger partial charge in [0.15, 0.2) is 0 Å². The number of rotatable bonds is 0. The summed E-state index contributed by atoms with van der Waals surface area (Å²) in [7, 11) is 0. The average molecular weight is 579 g/mol. The Morgan fingerprint density at radius 1 is 0.533 bits per heavy atom. The molecular formula is C42H35BN2. The molecule has 4 heterocycles.